The average Bonchev–Trinajstić information content (AvgIpc) is 2.93. The summed E-state index contributed by atoms with van der Waals surface area (Å²) < 4.78 is 10.7. The highest BCUT2D eigenvalue weighted by Gasteiger charge is 2.29. The summed E-state index contributed by atoms with van der Waals surface area (Å²) in [7, 11) is 2.96. The smallest absolute Gasteiger partial charge is 0.287 e. The summed E-state index contributed by atoms with van der Waals surface area (Å²) in [5, 5.41) is 2.46. The van der Waals surface area contributed by atoms with Crippen molar-refractivity contribution < 1.29 is 18.7 Å². The number of carbonyl (C=O) groups is 2. The van der Waals surface area contributed by atoms with Crippen LogP contribution in [0.15, 0.2) is 41.0 Å². The first-order chi connectivity index (χ1) is 10.1. The van der Waals surface area contributed by atoms with Crippen LogP contribution < -0.4 is 11.1 Å². The number of benzene rings is 1. The van der Waals surface area contributed by atoms with Gasteiger partial charge in [0.25, 0.3) is 11.8 Å². The molecule has 0 bridgehead atoms. The fraction of sp³-hybridized carbons (Fsp3) is 0.200. The normalized spacial score (nSPS) is 11.9. The van der Waals surface area contributed by atoms with E-state index in [-0.39, 0.29) is 11.3 Å². The van der Waals surface area contributed by atoms with Gasteiger partial charge in [-0.25, -0.2) is 0 Å². The summed E-state index contributed by atoms with van der Waals surface area (Å²) in [4.78, 5) is 23.5. The highest BCUT2D eigenvalue weighted by molar-refractivity contribution is 6.00. The van der Waals surface area contributed by atoms with Gasteiger partial charge in [0.2, 0.25) is 0 Å². The molecule has 21 heavy (non-hydrogen) atoms. The van der Waals surface area contributed by atoms with Crippen molar-refractivity contribution in [1.29, 1.82) is 0 Å². The molecule has 0 aliphatic rings. The molecule has 6 heteroatoms. The number of hydrogen-bond donors (Lipinski definition) is 2. The molecule has 2 amide bonds. The minimum Gasteiger partial charge on any atom is -0.458 e. The first kappa shape index (κ1) is 14.8. The largest absolute Gasteiger partial charge is 0.458 e. The maximum Gasteiger partial charge on any atom is 0.287 e. The van der Waals surface area contributed by atoms with Crippen LogP contribution in [0.4, 0.5) is 0 Å². The van der Waals surface area contributed by atoms with Gasteiger partial charge in [0.1, 0.15) is 12.4 Å². The molecule has 6 nitrogen and oxygen atoms in total. The highest BCUT2D eigenvalue weighted by atomic mass is 16.5. The zero-order valence-electron chi connectivity index (χ0n) is 11.8. The van der Waals surface area contributed by atoms with Crippen LogP contribution in [-0.4, -0.2) is 26.0 Å². The number of hydrogen-bond acceptors (Lipinski definition) is 4. The number of ether oxygens (including phenoxy) is 1. The van der Waals surface area contributed by atoms with E-state index in [2.05, 4.69) is 5.32 Å². The van der Waals surface area contributed by atoms with Crippen molar-refractivity contribution in [1.82, 2.24) is 5.32 Å². The summed E-state index contributed by atoms with van der Waals surface area (Å²) in [5.41, 5.74) is 6.60. The topological polar surface area (TPSA) is 94.6 Å². The van der Waals surface area contributed by atoms with Crippen LogP contribution in [0.5, 0.6) is 0 Å². The maximum absolute atomic E-state index is 11.9. The van der Waals surface area contributed by atoms with E-state index in [0.717, 1.165) is 5.56 Å². The van der Waals surface area contributed by atoms with Crippen molar-refractivity contribution in [2.75, 3.05) is 14.2 Å². The number of nitrogens with two attached hydrogens (primary N) is 1. The second kappa shape index (κ2) is 6.23. The minimum atomic E-state index is -0.679. The molecule has 1 unspecified atom stereocenters. The standard InChI is InChI=1S/C15H16N2O4/c1-17-15(19)13-11(10(8-21-13)14(16)18)12(20-2)9-6-4-3-5-7-9/h3-8,12H,1-2H3,(H2,16,18)(H,17,19). The van der Waals surface area contributed by atoms with Gasteiger partial charge < -0.3 is 20.2 Å². The quantitative estimate of drug-likeness (QED) is 0.871. The van der Waals surface area contributed by atoms with E-state index >= 15 is 0 Å². The van der Waals surface area contributed by atoms with E-state index in [4.69, 9.17) is 14.9 Å². The van der Waals surface area contributed by atoms with Crippen LogP contribution in [0, 0.1) is 0 Å². The molecular formula is C15H16N2O4. The van der Waals surface area contributed by atoms with Crippen molar-refractivity contribution in [3.63, 3.8) is 0 Å². The Balaban J connectivity index is 2.61. The molecule has 0 saturated carbocycles. The van der Waals surface area contributed by atoms with E-state index in [1.807, 2.05) is 30.3 Å². The van der Waals surface area contributed by atoms with Crippen LogP contribution in [0.2, 0.25) is 0 Å². The Morgan fingerprint density at radius 1 is 1.29 bits per heavy atom. The zero-order chi connectivity index (χ0) is 15.4. The monoisotopic (exact) mass is 288 g/mol. The molecule has 0 saturated heterocycles. The Hall–Kier alpha value is -2.60. The Kier molecular flexibility index (Phi) is 4.39. The van der Waals surface area contributed by atoms with E-state index in [0.29, 0.717) is 5.56 Å². The van der Waals surface area contributed by atoms with E-state index < -0.39 is 17.9 Å². The summed E-state index contributed by atoms with van der Waals surface area (Å²) in [6.07, 6.45) is 0.553. The second-order valence-corrected chi connectivity index (χ2v) is 4.36. The lowest BCUT2D eigenvalue weighted by molar-refractivity contribution is 0.0919. The molecule has 110 valence electrons. The van der Waals surface area contributed by atoms with E-state index in [1.54, 1.807) is 0 Å². The first-order valence-corrected chi connectivity index (χ1v) is 6.31. The molecule has 0 fully saturated rings. The molecule has 1 aromatic heterocycles. The Morgan fingerprint density at radius 3 is 2.48 bits per heavy atom. The second-order valence-electron chi connectivity index (χ2n) is 4.36. The van der Waals surface area contributed by atoms with Crippen molar-refractivity contribution in [2.24, 2.45) is 5.73 Å². The number of methoxy groups -OCH3 is 1. The Bertz CT molecular complexity index is 649. The molecule has 3 N–H and O–H groups in total. The summed E-state index contributed by atoms with van der Waals surface area (Å²) in [6, 6.07) is 9.20. The lowest BCUT2D eigenvalue weighted by Gasteiger charge is -2.16. The molecular weight excluding hydrogens is 272 g/mol. The summed E-state index contributed by atoms with van der Waals surface area (Å²) in [6.45, 7) is 0. The number of furan rings is 1. The van der Waals surface area contributed by atoms with Gasteiger partial charge in [-0.15, -0.1) is 0 Å². The third kappa shape index (κ3) is 2.80. The van der Waals surface area contributed by atoms with Gasteiger partial charge in [-0.3, -0.25) is 9.59 Å². The third-order valence-corrected chi connectivity index (χ3v) is 3.13. The fourth-order valence-electron chi connectivity index (χ4n) is 2.16. The lowest BCUT2D eigenvalue weighted by Crippen LogP contribution is -2.22. The molecule has 2 rings (SSSR count). The van der Waals surface area contributed by atoms with Crippen LogP contribution in [-0.2, 0) is 4.74 Å². The molecule has 0 aliphatic carbocycles. The maximum atomic E-state index is 11.9. The van der Waals surface area contributed by atoms with Gasteiger partial charge in [-0.05, 0) is 5.56 Å². The molecule has 0 aliphatic heterocycles. The fourth-order valence-corrected chi connectivity index (χ4v) is 2.16. The van der Waals surface area contributed by atoms with Gasteiger partial charge >= 0.3 is 0 Å². The first-order valence-electron chi connectivity index (χ1n) is 6.31. The van der Waals surface area contributed by atoms with Gasteiger partial charge in [0.15, 0.2) is 5.76 Å². The predicted molar refractivity (Wildman–Crippen MR) is 75.9 cm³/mol. The number of primary amides is 1. The number of rotatable bonds is 5. The van der Waals surface area contributed by atoms with Gasteiger partial charge in [0.05, 0.1) is 5.56 Å². The van der Waals surface area contributed by atoms with Crippen molar-refractivity contribution >= 4 is 11.8 Å². The lowest BCUT2D eigenvalue weighted by atomic mass is 9.97. The van der Waals surface area contributed by atoms with Gasteiger partial charge in [-0.1, -0.05) is 30.3 Å². The van der Waals surface area contributed by atoms with E-state index in [1.165, 1.54) is 20.4 Å². The Morgan fingerprint density at radius 2 is 1.95 bits per heavy atom. The van der Waals surface area contributed by atoms with Crippen LogP contribution in [0.1, 0.15) is 38.1 Å². The zero-order valence-corrected chi connectivity index (χ0v) is 11.8. The number of carbonyl (C=O) groups excluding carboxylic acids is 2. The molecule has 0 spiro atoms. The van der Waals surface area contributed by atoms with Crippen molar-refractivity contribution in [3.05, 3.63) is 59.0 Å². The predicted octanol–water partition coefficient (Wildman–Crippen LogP) is 1.47. The summed E-state index contributed by atoms with van der Waals surface area (Å²) in [5.74, 6) is -1.11. The average molecular weight is 288 g/mol. The van der Waals surface area contributed by atoms with E-state index in [9.17, 15) is 9.59 Å². The molecule has 0 radical (unpaired) electrons. The number of amides is 2. The molecule has 1 aromatic carbocycles. The van der Waals surface area contributed by atoms with Crippen LogP contribution in [0.25, 0.3) is 0 Å². The number of nitrogens with one attached hydrogen (secondary N) is 1. The van der Waals surface area contributed by atoms with Gasteiger partial charge in [0, 0.05) is 19.7 Å². The van der Waals surface area contributed by atoms with Crippen molar-refractivity contribution in [3.8, 4) is 0 Å². The SMILES string of the molecule is CNC(=O)c1occ(C(N)=O)c1C(OC)c1ccccc1. The minimum absolute atomic E-state index is 0.0157. The van der Waals surface area contributed by atoms with Gasteiger partial charge in [-0.2, -0.15) is 0 Å². The molecule has 2 aromatic rings. The van der Waals surface area contributed by atoms with Crippen LogP contribution >= 0.6 is 0 Å². The van der Waals surface area contributed by atoms with Crippen molar-refractivity contribution in [2.45, 2.75) is 6.10 Å². The molecule has 1 heterocycles. The van der Waals surface area contributed by atoms with Crippen LogP contribution in [0.3, 0.4) is 0 Å². The highest BCUT2D eigenvalue weighted by Crippen LogP contribution is 2.32. The third-order valence-electron chi connectivity index (χ3n) is 3.13. The summed E-state index contributed by atoms with van der Waals surface area (Å²) >= 11 is 0. The Labute approximate surface area is 121 Å². The molecule has 1 atom stereocenters.